The van der Waals surface area contributed by atoms with Gasteiger partial charge in [0.15, 0.2) is 0 Å². The van der Waals surface area contributed by atoms with E-state index in [2.05, 4.69) is 52.4 Å². The van der Waals surface area contributed by atoms with Crippen molar-refractivity contribution in [3.8, 4) is 11.4 Å². The zero-order valence-corrected chi connectivity index (χ0v) is 11.3. The Morgan fingerprint density at radius 2 is 1.84 bits per heavy atom. The fourth-order valence-electron chi connectivity index (χ4n) is 2.48. The van der Waals surface area contributed by atoms with Crippen LogP contribution in [0.15, 0.2) is 48.7 Å². The van der Waals surface area contributed by atoms with Gasteiger partial charge in [-0.2, -0.15) is 0 Å². The summed E-state index contributed by atoms with van der Waals surface area (Å²) in [6, 6.07) is 15.0. The first-order valence-corrected chi connectivity index (χ1v) is 7.07. The molecule has 19 heavy (non-hydrogen) atoms. The van der Waals surface area contributed by atoms with Gasteiger partial charge in [0, 0.05) is 37.6 Å². The molecular formula is C16H12N2S. The van der Waals surface area contributed by atoms with E-state index in [1.807, 2.05) is 24.5 Å². The van der Waals surface area contributed by atoms with Gasteiger partial charge in [-0.3, -0.25) is 0 Å². The number of aromatic amines is 1. The van der Waals surface area contributed by atoms with Crippen LogP contribution < -0.4 is 0 Å². The monoisotopic (exact) mass is 264 g/mol. The zero-order valence-electron chi connectivity index (χ0n) is 10.5. The van der Waals surface area contributed by atoms with Crippen molar-refractivity contribution in [3.05, 3.63) is 54.4 Å². The third kappa shape index (κ3) is 1.59. The average molecular weight is 264 g/mol. The molecule has 4 aromatic rings. The quantitative estimate of drug-likeness (QED) is 0.528. The molecule has 0 unspecified atom stereocenters. The first kappa shape index (κ1) is 10.8. The summed E-state index contributed by atoms with van der Waals surface area (Å²) in [4.78, 5) is 7.78. The van der Waals surface area contributed by atoms with Crippen LogP contribution in [0.2, 0.25) is 0 Å². The number of hydrogen-bond donors (Lipinski definition) is 1. The largest absolute Gasteiger partial charge is 0.342 e. The van der Waals surface area contributed by atoms with Gasteiger partial charge in [0.05, 0.1) is 0 Å². The molecule has 2 nitrogen and oxygen atoms in total. The number of imidazole rings is 1. The minimum atomic E-state index is 0.953. The van der Waals surface area contributed by atoms with Crippen molar-refractivity contribution in [1.82, 2.24) is 9.97 Å². The smallest absolute Gasteiger partial charge is 0.138 e. The molecule has 1 N–H and O–H groups in total. The highest BCUT2D eigenvalue weighted by Gasteiger charge is 2.11. The van der Waals surface area contributed by atoms with Crippen LogP contribution in [0.25, 0.3) is 31.6 Å². The lowest BCUT2D eigenvalue weighted by atomic mass is 10.1. The molecule has 92 valence electrons. The fraction of sp³-hybridized carbons (Fsp3) is 0.0625. The highest BCUT2D eigenvalue weighted by molar-refractivity contribution is 7.26. The van der Waals surface area contributed by atoms with Gasteiger partial charge in [-0.1, -0.05) is 30.3 Å². The van der Waals surface area contributed by atoms with E-state index in [0.717, 1.165) is 11.5 Å². The van der Waals surface area contributed by atoms with Crippen LogP contribution in [-0.4, -0.2) is 9.97 Å². The standard InChI is InChI=1S/C16H12N2S/c1-10-9-17-16(18-10)13-7-4-6-12-11-5-2-3-8-14(11)19-15(12)13/h2-9H,1H3,(H,17,18). The number of hydrogen-bond acceptors (Lipinski definition) is 2. The van der Waals surface area contributed by atoms with Crippen LogP contribution in [0.1, 0.15) is 5.69 Å². The van der Waals surface area contributed by atoms with E-state index in [1.165, 1.54) is 25.7 Å². The Balaban J connectivity index is 2.12. The maximum Gasteiger partial charge on any atom is 0.138 e. The molecule has 4 rings (SSSR count). The minimum absolute atomic E-state index is 0.953. The Kier molecular flexibility index (Phi) is 2.23. The van der Waals surface area contributed by atoms with Crippen LogP contribution in [0.4, 0.5) is 0 Å². The van der Waals surface area contributed by atoms with Gasteiger partial charge < -0.3 is 4.98 Å². The summed E-state index contributed by atoms with van der Waals surface area (Å²) < 4.78 is 2.63. The summed E-state index contributed by atoms with van der Waals surface area (Å²) in [5.74, 6) is 0.953. The maximum atomic E-state index is 4.46. The van der Waals surface area contributed by atoms with Crippen LogP contribution in [-0.2, 0) is 0 Å². The van der Waals surface area contributed by atoms with Crippen LogP contribution in [0.3, 0.4) is 0 Å². The third-order valence-corrected chi connectivity index (χ3v) is 4.58. The van der Waals surface area contributed by atoms with Gasteiger partial charge in [-0.05, 0) is 19.1 Å². The lowest BCUT2D eigenvalue weighted by molar-refractivity contribution is 1.26. The van der Waals surface area contributed by atoms with Crippen LogP contribution >= 0.6 is 11.3 Å². The Morgan fingerprint density at radius 1 is 1.00 bits per heavy atom. The molecule has 0 amide bonds. The molecule has 0 fully saturated rings. The summed E-state index contributed by atoms with van der Waals surface area (Å²) in [5, 5.41) is 2.64. The van der Waals surface area contributed by atoms with E-state index < -0.39 is 0 Å². The van der Waals surface area contributed by atoms with Gasteiger partial charge in [-0.25, -0.2) is 4.98 Å². The van der Waals surface area contributed by atoms with E-state index >= 15 is 0 Å². The van der Waals surface area contributed by atoms with Gasteiger partial charge in [0.25, 0.3) is 0 Å². The van der Waals surface area contributed by atoms with Crippen LogP contribution in [0, 0.1) is 6.92 Å². The summed E-state index contributed by atoms with van der Waals surface area (Å²) in [7, 11) is 0. The number of thiophene rings is 1. The Hall–Kier alpha value is -2.13. The lowest BCUT2D eigenvalue weighted by Gasteiger charge is -1.99. The molecule has 0 aliphatic carbocycles. The zero-order chi connectivity index (χ0) is 12.8. The van der Waals surface area contributed by atoms with Gasteiger partial charge >= 0.3 is 0 Å². The van der Waals surface area contributed by atoms with Crippen LogP contribution in [0.5, 0.6) is 0 Å². The van der Waals surface area contributed by atoms with Gasteiger partial charge in [0.1, 0.15) is 5.82 Å². The van der Waals surface area contributed by atoms with Crippen molar-refractivity contribution in [2.45, 2.75) is 6.92 Å². The molecule has 0 aliphatic heterocycles. The molecule has 0 atom stereocenters. The van der Waals surface area contributed by atoms with Gasteiger partial charge in [-0.15, -0.1) is 11.3 Å². The second-order valence-electron chi connectivity index (χ2n) is 4.70. The van der Waals surface area contributed by atoms with Crippen molar-refractivity contribution in [2.75, 3.05) is 0 Å². The van der Waals surface area contributed by atoms with Crippen molar-refractivity contribution in [1.29, 1.82) is 0 Å². The van der Waals surface area contributed by atoms with E-state index in [-0.39, 0.29) is 0 Å². The number of aromatic nitrogens is 2. The van der Waals surface area contributed by atoms with E-state index in [1.54, 1.807) is 0 Å². The number of aryl methyl sites for hydroxylation is 1. The molecule has 0 aliphatic rings. The predicted molar refractivity (Wildman–Crippen MR) is 81.6 cm³/mol. The molecule has 3 heteroatoms. The first-order chi connectivity index (χ1) is 9.33. The molecule has 2 aromatic heterocycles. The van der Waals surface area contributed by atoms with Crippen molar-refractivity contribution in [3.63, 3.8) is 0 Å². The SMILES string of the molecule is Cc1cnc(-c2cccc3c2sc2ccccc23)[nH]1. The summed E-state index contributed by atoms with van der Waals surface area (Å²) in [5.41, 5.74) is 2.28. The molecule has 0 bridgehead atoms. The Morgan fingerprint density at radius 3 is 2.68 bits per heavy atom. The first-order valence-electron chi connectivity index (χ1n) is 6.25. The lowest BCUT2D eigenvalue weighted by Crippen LogP contribution is -1.80. The van der Waals surface area contributed by atoms with E-state index in [0.29, 0.717) is 0 Å². The van der Waals surface area contributed by atoms with E-state index in [9.17, 15) is 0 Å². The molecule has 0 radical (unpaired) electrons. The Labute approximate surface area is 114 Å². The molecule has 2 aromatic carbocycles. The molecule has 0 saturated heterocycles. The highest BCUT2D eigenvalue weighted by atomic mass is 32.1. The topological polar surface area (TPSA) is 28.7 Å². The Bertz CT molecular complexity index is 886. The highest BCUT2D eigenvalue weighted by Crippen LogP contribution is 2.38. The summed E-state index contributed by atoms with van der Waals surface area (Å²) >= 11 is 1.83. The van der Waals surface area contributed by atoms with Crippen molar-refractivity contribution >= 4 is 31.5 Å². The molecule has 2 heterocycles. The third-order valence-electron chi connectivity index (χ3n) is 3.36. The average Bonchev–Trinajstić information content (AvgIpc) is 3.02. The number of H-pyrrole nitrogens is 1. The predicted octanol–water partition coefficient (Wildman–Crippen LogP) is 4.75. The summed E-state index contributed by atoms with van der Waals surface area (Å²) in [6.07, 6.45) is 1.88. The molecular weight excluding hydrogens is 252 g/mol. The maximum absolute atomic E-state index is 4.46. The van der Waals surface area contributed by atoms with Crippen molar-refractivity contribution < 1.29 is 0 Å². The second-order valence-corrected chi connectivity index (χ2v) is 5.75. The normalized spacial score (nSPS) is 11.4. The number of benzene rings is 2. The molecule has 0 spiro atoms. The van der Waals surface area contributed by atoms with E-state index in [4.69, 9.17) is 0 Å². The molecule has 0 saturated carbocycles. The summed E-state index contributed by atoms with van der Waals surface area (Å²) in [6.45, 7) is 2.03. The number of rotatable bonds is 1. The number of nitrogens with zero attached hydrogens (tertiary/aromatic N) is 1. The van der Waals surface area contributed by atoms with Crippen molar-refractivity contribution in [2.24, 2.45) is 0 Å². The second kappa shape index (κ2) is 3.93. The number of fused-ring (bicyclic) bond motifs is 3. The number of nitrogens with one attached hydrogen (secondary N) is 1. The minimum Gasteiger partial charge on any atom is -0.342 e. The fourth-order valence-corrected chi connectivity index (χ4v) is 3.70. The van der Waals surface area contributed by atoms with Gasteiger partial charge in [0.2, 0.25) is 0 Å².